The maximum Gasteiger partial charge on any atom is 0.325 e. The van der Waals surface area contributed by atoms with Crippen LogP contribution in [0.3, 0.4) is 0 Å². The number of carbonyl (C=O) groups excluding carboxylic acids is 3. The van der Waals surface area contributed by atoms with Crippen molar-refractivity contribution in [3.63, 3.8) is 0 Å². The first-order valence-electron chi connectivity index (χ1n) is 11.6. The highest BCUT2D eigenvalue weighted by Crippen LogP contribution is 2.12. The van der Waals surface area contributed by atoms with E-state index in [0.717, 1.165) is 5.56 Å². The summed E-state index contributed by atoms with van der Waals surface area (Å²) in [6, 6.07) is 2.08. The quantitative estimate of drug-likeness (QED) is 0.196. The fourth-order valence-electron chi connectivity index (χ4n) is 3.43. The van der Waals surface area contributed by atoms with Crippen molar-refractivity contribution in [2.75, 3.05) is 0 Å². The molecule has 0 bridgehead atoms. The third-order valence-electron chi connectivity index (χ3n) is 5.41. The topological polar surface area (TPSA) is 200 Å². The van der Waals surface area contributed by atoms with Gasteiger partial charge in [-0.2, -0.15) is 0 Å². The minimum atomic E-state index is -1.22. The Morgan fingerprint density at radius 1 is 0.944 bits per heavy atom. The maximum absolute atomic E-state index is 13.2. The van der Waals surface area contributed by atoms with E-state index in [2.05, 4.69) is 25.9 Å². The van der Waals surface area contributed by atoms with Crippen LogP contribution in [0.25, 0.3) is 0 Å². The van der Waals surface area contributed by atoms with Crippen molar-refractivity contribution in [1.82, 2.24) is 25.9 Å². The number of nitrogens with one attached hydrogen (secondary N) is 4. The van der Waals surface area contributed by atoms with Crippen LogP contribution in [0.2, 0.25) is 0 Å². The molecule has 12 heteroatoms. The largest absolute Gasteiger partial charge is 0.508 e. The number of carboxylic acids is 1. The van der Waals surface area contributed by atoms with E-state index in [1.807, 2.05) is 13.8 Å². The molecule has 1 aromatic carbocycles. The molecule has 2 rings (SSSR count). The van der Waals surface area contributed by atoms with Gasteiger partial charge in [0.25, 0.3) is 0 Å². The summed E-state index contributed by atoms with van der Waals surface area (Å²) in [5.41, 5.74) is 7.35. The molecule has 12 nitrogen and oxygen atoms in total. The highest BCUT2D eigenvalue weighted by molar-refractivity contribution is 5.94. The van der Waals surface area contributed by atoms with E-state index in [1.165, 1.54) is 31.6 Å². The number of aromatic hydroxyl groups is 1. The highest BCUT2D eigenvalue weighted by Gasteiger charge is 2.30. The van der Waals surface area contributed by atoms with Crippen LogP contribution in [-0.2, 0) is 32.0 Å². The van der Waals surface area contributed by atoms with Gasteiger partial charge in [0, 0.05) is 18.3 Å². The Balaban J connectivity index is 2.12. The first kappa shape index (κ1) is 28.3. The monoisotopic (exact) mass is 502 g/mol. The normalized spacial score (nSPS) is 14.4. The van der Waals surface area contributed by atoms with Crippen LogP contribution in [0.5, 0.6) is 5.75 Å². The number of hydrogen-bond acceptors (Lipinski definition) is 7. The van der Waals surface area contributed by atoms with Gasteiger partial charge >= 0.3 is 5.97 Å². The van der Waals surface area contributed by atoms with E-state index in [-0.39, 0.29) is 30.9 Å². The molecule has 196 valence electrons. The Morgan fingerprint density at radius 2 is 1.56 bits per heavy atom. The van der Waals surface area contributed by atoms with Gasteiger partial charge < -0.3 is 36.9 Å². The predicted octanol–water partition coefficient (Wildman–Crippen LogP) is -0.167. The maximum atomic E-state index is 13.2. The second-order valence-electron chi connectivity index (χ2n) is 9.08. The molecule has 0 saturated carbocycles. The zero-order chi connectivity index (χ0) is 26.8. The van der Waals surface area contributed by atoms with Gasteiger partial charge in [-0.1, -0.05) is 26.0 Å². The van der Waals surface area contributed by atoms with Crippen LogP contribution in [0.1, 0.15) is 38.4 Å². The zero-order valence-electron chi connectivity index (χ0n) is 20.5. The smallest absolute Gasteiger partial charge is 0.325 e. The molecule has 0 aliphatic carbocycles. The molecule has 4 unspecified atom stereocenters. The Labute approximate surface area is 209 Å². The summed E-state index contributed by atoms with van der Waals surface area (Å²) in [5.74, 6) is -2.93. The summed E-state index contributed by atoms with van der Waals surface area (Å²) < 4.78 is 0. The number of nitrogens with two attached hydrogens (primary N) is 1. The predicted molar refractivity (Wildman–Crippen MR) is 131 cm³/mol. The number of imidazole rings is 1. The molecular weight excluding hydrogens is 468 g/mol. The molecule has 4 atom stereocenters. The average Bonchev–Trinajstić information content (AvgIpc) is 3.32. The number of phenolic OH excluding ortho intramolecular Hbond substituents is 1. The van der Waals surface area contributed by atoms with Crippen LogP contribution < -0.4 is 21.7 Å². The van der Waals surface area contributed by atoms with Gasteiger partial charge in [0.1, 0.15) is 23.9 Å². The lowest BCUT2D eigenvalue weighted by Crippen LogP contribution is -2.57. The molecule has 0 spiro atoms. The van der Waals surface area contributed by atoms with E-state index in [4.69, 9.17) is 10.8 Å². The zero-order valence-corrected chi connectivity index (χ0v) is 20.5. The van der Waals surface area contributed by atoms with Crippen LogP contribution in [-0.4, -0.2) is 68.0 Å². The molecule has 3 amide bonds. The lowest BCUT2D eigenvalue weighted by atomic mass is 10.0. The lowest BCUT2D eigenvalue weighted by molar-refractivity contribution is -0.141. The fourth-order valence-corrected chi connectivity index (χ4v) is 3.43. The molecule has 1 heterocycles. The van der Waals surface area contributed by atoms with Gasteiger partial charge in [0.05, 0.1) is 12.4 Å². The van der Waals surface area contributed by atoms with Crippen LogP contribution >= 0.6 is 0 Å². The minimum Gasteiger partial charge on any atom is -0.508 e. The van der Waals surface area contributed by atoms with Crippen molar-refractivity contribution >= 4 is 23.7 Å². The third-order valence-corrected chi connectivity index (χ3v) is 5.41. The Hall–Kier alpha value is -3.93. The molecule has 0 fully saturated rings. The van der Waals surface area contributed by atoms with Crippen molar-refractivity contribution in [3.8, 4) is 5.75 Å². The van der Waals surface area contributed by atoms with Gasteiger partial charge in [-0.05, 0) is 43.4 Å². The van der Waals surface area contributed by atoms with Crippen molar-refractivity contribution in [2.24, 2.45) is 11.7 Å². The summed E-state index contributed by atoms with van der Waals surface area (Å²) in [4.78, 5) is 56.6. The summed E-state index contributed by atoms with van der Waals surface area (Å²) in [5, 5.41) is 26.2. The summed E-state index contributed by atoms with van der Waals surface area (Å²) in [6.45, 7) is 5.07. The summed E-state index contributed by atoms with van der Waals surface area (Å²) >= 11 is 0. The number of aromatic amines is 1. The fraction of sp³-hybridized carbons (Fsp3) is 0.458. The van der Waals surface area contributed by atoms with E-state index in [1.54, 1.807) is 12.1 Å². The number of amides is 3. The standard InChI is InChI=1S/C24H34N6O6/c1-13(2)8-19(29-21(32)18(25)9-15-4-6-17(31)7-5-15)23(34)30-20(10-16-11-26-12-27-16)22(33)28-14(3)24(35)36/h4-7,11-14,18-20,31H,8-10,25H2,1-3H3,(H,26,27)(H,28,33)(H,29,32)(H,30,34)(H,35,36). The number of aromatic nitrogens is 2. The molecule has 2 aromatic rings. The van der Waals surface area contributed by atoms with Crippen molar-refractivity contribution in [1.29, 1.82) is 0 Å². The SMILES string of the molecule is CC(C)CC(NC(=O)C(N)Cc1ccc(O)cc1)C(=O)NC(Cc1cnc[nH]1)C(=O)NC(C)C(=O)O. The van der Waals surface area contributed by atoms with Crippen LogP contribution in [0, 0.1) is 5.92 Å². The van der Waals surface area contributed by atoms with Crippen LogP contribution in [0.15, 0.2) is 36.8 Å². The van der Waals surface area contributed by atoms with Gasteiger partial charge in [-0.15, -0.1) is 0 Å². The number of benzene rings is 1. The Bertz CT molecular complexity index is 1020. The van der Waals surface area contributed by atoms with Gasteiger partial charge in [0.15, 0.2) is 0 Å². The molecular formula is C24H34N6O6. The number of hydrogen-bond donors (Lipinski definition) is 7. The first-order valence-corrected chi connectivity index (χ1v) is 11.6. The molecule has 1 aromatic heterocycles. The average molecular weight is 503 g/mol. The number of phenols is 1. The van der Waals surface area contributed by atoms with E-state index in [0.29, 0.717) is 5.69 Å². The van der Waals surface area contributed by atoms with E-state index >= 15 is 0 Å². The van der Waals surface area contributed by atoms with Gasteiger partial charge in [-0.3, -0.25) is 19.2 Å². The van der Waals surface area contributed by atoms with Crippen molar-refractivity contribution in [3.05, 3.63) is 48.0 Å². The molecule has 0 aliphatic heterocycles. The third kappa shape index (κ3) is 9.02. The molecule has 0 radical (unpaired) electrons. The lowest BCUT2D eigenvalue weighted by Gasteiger charge is -2.25. The molecule has 8 N–H and O–H groups in total. The Kier molecular flexibility index (Phi) is 10.4. The van der Waals surface area contributed by atoms with Gasteiger partial charge in [-0.25, -0.2) is 4.98 Å². The number of carbonyl (C=O) groups is 4. The molecule has 36 heavy (non-hydrogen) atoms. The van der Waals surface area contributed by atoms with Crippen molar-refractivity contribution < 1.29 is 29.4 Å². The minimum absolute atomic E-state index is 0.0290. The number of aliphatic carboxylic acids is 1. The van der Waals surface area contributed by atoms with E-state index < -0.39 is 47.9 Å². The second kappa shape index (κ2) is 13.2. The number of carboxylic acid groups (broad SMARTS) is 1. The van der Waals surface area contributed by atoms with Crippen molar-refractivity contribution in [2.45, 2.75) is 64.2 Å². The number of rotatable bonds is 13. The number of nitrogens with zero attached hydrogens (tertiary/aromatic N) is 1. The highest BCUT2D eigenvalue weighted by atomic mass is 16.4. The Morgan fingerprint density at radius 3 is 2.11 bits per heavy atom. The van der Waals surface area contributed by atoms with Gasteiger partial charge in [0.2, 0.25) is 17.7 Å². The molecule has 0 saturated heterocycles. The molecule has 0 aliphatic rings. The van der Waals surface area contributed by atoms with E-state index in [9.17, 15) is 24.3 Å². The summed E-state index contributed by atoms with van der Waals surface area (Å²) in [6.07, 6.45) is 3.42. The summed E-state index contributed by atoms with van der Waals surface area (Å²) in [7, 11) is 0. The second-order valence-corrected chi connectivity index (χ2v) is 9.08. The number of H-pyrrole nitrogens is 1. The van der Waals surface area contributed by atoms with Crippen LogP contribution in [0.4, 0.5) is 0 Å². The first-order chi connectivity index (χ1) is 17.0.